The van der Waals surface area contributed by atoms with Gasteiger partial charge < -0.3 is 5.73 Å². The maximum Gasteiger partial charge on any atom is 0.150 e. The van der Waals surface area contributed by atoms with E-state index in [9.17, 15) is 8.42 Å². The molecule has 1 saturated heterocycles. The molecule has 0 aliphatic carbocycles. The fraction of sp³-hybridized carbons (Fsp3) is 0.700. The Kier molecular flexibility index (Phi) is 2.79. The third kappa shape index (κ3) is 2.27. The number of nitrogens with two attached hydrogens (primary N) is 1. The van der Waals surface area contributed by atoms with Crippen LogP contribution < -0.4 is 5.73 Å². The quantitative estimate of drug-likeness (QED) is 0.792. The molecule has 6 heteroatoms. The molecule has 1 aromatic heterocycles. The van der Waals surface area contributed by atoms with Crippen molar-refractivity contribution in [1.29, 1.82) is 0 Å². The molecule has 1 aliphatic heterocycles. The van der Waals surface area contributed by atoms with Crippen LogP contribution in [0.5, 0.6) is 0 Å². The molecule has 1 unspecified atom stereocenters. The fourth-order valence-corrected chi connectivity index (χ4v) is 4.48. The number of aromatic nitrogens is 2. The highest BCUT2D eigenvalue weighted by Crippen LogP contribution is 2.34. The number of sulfone groups is 1. The lowest BCUT2D eigenvalue weighted by Gasteiger charge is -2.24. The standard InChI is InChI=1S/C10H17N3O2S/c1-13-4-2-9(12-13)6-10(7-11)3-5-16(14,15)8-10/h2,4H,3,5-8,11H2,1H3. The molecule has 1 aromatic rings. The third-order valence-electron chi connectivity index (χ3n) is 3.23. The van der Waals surface area contributed by atoms with Crippen LogP contribution in [-0.4, -0.2) is 36.2 Å². The summed E-state index contributed by atoms with van der Waals surface area (Å²) in [6.45, 7) is 0.406. The molecule has 0 saturated carbocycles. The number of hydrogen-bond donors (Lipinski definition) is 1. The molecule has 2 heterocycles. The number of nitrogens with zero attached hydrogens (tertiary/aromatic N) is 2. The summed E-state index contributed by atoms with van der Waals surface area (Å²) in [6, 6.07) is 1.92. The Labute approximate surface area is 95.6 Å². The normalized spacial score (nSPS) is 28.4. The second kappa shape index (κ2) is 3.85. The van der Waals surface area contributed by atoms with Crippen molar-refractivity contribution in [3.8, 4) is 0 Å². The molecular weight excluding hydrogens is 226 g/mol. The average molecular weight is 243 g/mol. The molecule has 0 radical (unpaired) electrons. The van der Waals surface area contributed by atoms with E-state index in [0.29, 0.717) is 19.4 Å². The molecule has 1 aliphatic rings. The summed E-state index contributed by atoms with van der Waals surface area (Å²) in [5, 5.41) is 4.28. The van der Waals surface area contributed by atoms with Gasteiger partial charge in [0.1, 0.15) is 0 Å². The van der Waals surface area contributed by atoms with Gasteiger partial charge in [0.2, 0.25) is 0 Å². The molecule has 5 nitrogen and oxygen atoms in total. The molecule has 16 heavy (non-hydrogen) atoms. The lowest BCUT2D eigenvalue weighted by atomic mass is 9.83. The van der Waals surface area contributed by atoms with Gasteiger partial charge in [-0.1, -0.05) is 0 Å². The van der Waals surface area contributed by atoms with Crippen LogP contribution in [0.2, 0.25) is 0 Å². The largest absolute Gasteiger partial charge is 0.330 e. The summed E-state index contributed by atoms with van der Waals surface area (Å²) in [7, 11) is -1.04. The predicted molar refractivity (Wildman–Crippen MR) is 61.7 cm³/mol. The zero-order valence-electron chi connectivity index (χ0n) is 9.39. The van der Waals surface area contributed by atoms with Gasteiger partial charge in [0.15, 0.2) is 9.84 Å². The van der Waals surface area contributed by atoms with Crippen molar-refractivity contribution in [1.82, 2.24) is 9.78 Å². The highest BCUT2D eigenvalue weighted by Gasteiger charge is 2.41. The summed E-state index contributed by atoms with van der Waals surface area (Å²) in [5.41, 5.74) is 6.37. The molecular formula is C10H17N3O2S. The maximum atomic E-state index is 11.5. The second-order valence-corrected chi connectivity index (χ2v) is 6.89. The van der Waals surface area contributed by atoms with Crippen LogP contribution in [0, 0.1) is 5.41 Å². The van der Waals surface area contributed by atoms with Gasteiger partial charge >= 0.3 is 0 Å². The molecule has 0 spiro atoms. The lowest BCUT2D eigenvalue weighted by Crippen LogP contribution is -2.34. The highest BCUT2D eigenvalue weighted by atomic mass is 32.2. The monoisotopic (exact) mass is 243 g/mol. The van der Waals surface area contributed by atoms with Crippen LogP contribution >= 0.6 is 0 Å². The second-order valence-electron chi connectivity index (χ2n) is 4.70. The molecule has 2 rings (SSSR count). The van der Waals surface area contributed by atoms with Gasteiger partial charge in [-0.2, -0.15) is 5.10 Å². The summed E-state index contributed by atoms with van der Waals surface area (Å²) < 4.78 is 24.8. The van der Waals surface area contributed by atoms with Crippen molar-refractivity contribution < 1.29 is 8.42 Å². The van der Waals surface area contributed by atoms with E-state index in [1.165, 1.54) is 0 Å². The van der Waals surface area contributed by atoms with E-state index in [0.717, 1.165) is 5.69 Å². The number of aryl methyl sites for hydroxylation is 1. The van der Waals surface area contributed by atoms with E-state index in [4.69, 9.17) is 5.73 Å². The summed E-state index contributed by atoms with van der Waals surface area (Å²) in [5.74, 6) is 0.462. The van der Waals surface area contributed by atoms with Crippen LogP contribution in [0.1, 0.15) is 12.1 Å². The Balaban J connectivity index is 2.18. The Bertz CT molecular complexity index is 480. The molecule has 0 bridgehead atoms. The minimum absolute atomic E-state index is 0.201. The van der Waals surface area contributed by atoms with Gasteiger partial charge in [-0.05, 0) is 25.5 Å². The fourth-order valence-electron chi connectivity index (χ4n) is 2.30. The Morgan fingerprint density at radius 1 is 1.62 bits per heavy atom. The Morgan fingerprint density at radius 3 is 2.81 bits per heavy atom. The van der Waals surface area contributed by atoms with Crippen molar-refractivity contribution in [2.75, 3.05) is 18.1 Å². The van der Waals surface area contributed by atoms with Crippen LogP contribution in [0.15, 0.2) is 12.3 Å². The van der Waals surface area contributed by atoms with E-state index in [1.54, 1.807) is 4.68 Å². The maximum absolute atomic E-state index is 11.5. The van der Waals surface area contributed by atoms with E-state index >= 15 is 0 Å². The Hall–Kier alpha value is -0.880. The first-order valence-corrected chi connectivity index (χ1v) is 7.16. The zero-order valence-corrected chi connectivity index (χ0v) is 10.2. The van der Waals surface area contributed by atoms with Crippen molar-refractivity contribution >= 4 is 9.84 Å². The topological polar surface area (TPSA) is 78.0 Å². The van der Waals surface area contributed by atoms with E-state index < -0.39 is 9.84 Å². The minimum atomic E-state index is -2.89. The van der Waals surface area contributed by atoms with Crippen molar-refractivity contribution in [3.63, 3.8) is 0 Å². The van der Waals surface area contributed by atoms with Gasteiger partial charge in [0.25, 0.3) is 0 Å². The summed E-state index contributed by atoms with van der Waals surface area (Å²) >= 11 is 0. The highest BCUT2D eigenvalue weighted by molar-refractivity contribution is 7.91. The number of hydrogen-bond acceptors (Lipinski definition) is 4. The first kappa shape index (κ1) is 11.6. The summed E-state index contributed by atoms with van der Waals surface area (Å²) in [6.07, 6.45) is 3.18. The zero-order chi connectivity index (χ0) is 11.8. The predicted octanol–water partition coefficient (Wildman–Crippen LogP) is -0.274. The average Bonchev–Trinajstić information content (AvgIpc) is 2.72. The smallest absolute Gasteiger partial charge is 0.150 e. The molecule has 2 N–H and O–H groups in total. The Morgan fingerprint density at radius 2 is 2.38 bits per heavy atom. The van der Waals surface area contributed by atoms with Gasteiger partial charge in [-0.25, -0.2) is 8.42 Å². The van der Waals surface area contributed by atoms with Crippen LogP contribution in [0.3, 0.4) is 0 Å². The minimum Gasteiger partial charge on any atom is -0.330 e. The SMILES string of the molecule is Cn1ccc(CC2(CN)CCS(=O)(=O)C2)n1. The lowest BCUT2D eigenvalue weighted by molar-refractivity contribution is 0.340. The molecule has 1 fully saturated rings. The third-order valence-corrected chi connectivity index (χ3v) is 5.11. The molecule has 90 valence electrons. The van der Waals surface area contributed by atoms with E-state index in [2.05, 4.69) is 5.10 Å². The van der Waals surface area contributed by atoms with Crippen LogP contribution in [0.25, 0.3) is 0 Å². The molecule has 0 aromatic carbocycles. The summed E-state index contributed by atoms with van der Waals surface area (Å²) in [4.78, 5) is 0. The van der Waals surface area contributed by atoms with Crippen molar-refractivity contribution in [3.05, 3.63) is 18.0 Å². The van der Waals surface area contributed by atoms with Crippen molar-refractivity contribution in [2.24, 2.45) is 18.2 Å². The van der Waals surface area contributed by atoms with Gasteiger partial charge in [-0.15, -0.1) is 0 Å². The van der Waals surface area contributed by atoms with Gasteiger partial charge in [-0.3, -0.25) is 4.68 Å². The number of rotatable bonds is 3. The van der Waals surface area contributed by atoms with E-state index in [1.807, 2.05) is 19.3 Å². The molecule has 1 atom stereocenters. The van der Waals surface area contributed by atoms with Gasteiger partial charge in [0, 0.05) is 18.7 Å². The van der Waals surface area contributed by atoms with E-state index in [-0.39, 0.29) is 16.9 Å². The first-order valence-electron chi connectivity index (χ1n) is 5.34. The van der Waals surface area contributed by atoms with Crippen molar-refractivity contribution in [2.45, 2.75) is 12.8 Å². The van der Waals surface area contributed by atoms with Gasteiger partial charge in [0.05, 0.1) is 17.2 Å². The van der Waals surface area contributed by atoms with Crippen LogP contribution in [-0.2, 0) is 23.3 Å². The first-order chi connectivity index (χ1) is 7.45. The molecule has 0 amide bonds. The van der Waals surface area contributed by atoms with Crippen LogP contribution in [0.4, 0.5) is 0 Å².